The van der Waals surface area contributed by atoms with E-state index in [-0.39, 0.29) is 29.8 Å². The third-order valence-electron chi connectivity index (χ3n) is 2.95. The summed E-state index contributed by atoms with van der Waals surface area (Å²) in [4.78, 5) is 5.24. The standard InChI is InChI=1S/C15H18FN3S2.HI/c1-17-15(18-8-11-5-6-21-10-11)19-9-12-7-13(16)3-4-14(12)20-2;/h3-7,10H,8-9H2,1-2H3,(H2,17,18,19);1H. The molecule has 0 atom stereocenters. The topological polar surface area (TPSA) is 36.4 Å². The maximum atomic E-state index is 13.3. The monoisotopic (exact) mass is 451 g/mol. The van der Waals surface area contributed by atoms with Gasteiger partial charge in [0.15, 0.2) is 5.96 Å². The normalized spacial score (nSPS) is 11.0. The van der Waals surface area contributed by atoms with E-state index in [9.17, 15) is 4.39 Å². The Bertz CT molecular complexity index is 603. The maximum absolute atomic E-state index is 13.3. The van der Waals surface area contributed by atoms with Crippen LogP contribution in [0.25, 0.3) is 0 Å². The smallest absolute Gasteiger partial charge is 0.191 e. The van der Waals surface area contributed by atoms with Gasteiger partial charge in [-0.2, -0.15) is 11.3 Å². The largest absolute Gasteiger partial charge is 0.352 e. The lowest BCUT2D eigenvalue weighted by molar-refractivity contribution is 0.622. The lowest BCUT2D eigenvalue weighted by Gasteiger charge is -2.13. The van der Waals surface area contributed by atoms with E-state index in [0.717, 1.165) is 17.0 Å². The van der Waals surface area contributed by atoms with E-state index >= 15 is 0 Å². The third-order valence-corrected chi connectivity index (χ3v) is 4.52. The van der Waals surface area contributed by atoms with Gasteiger partial charge in [-0.3, -0.25) is 4.99 Å². The predicted octanol–water partition coefficient (Wildman–Crippen LogP) is 4.09. The minimum absolute atomic E-state index is 0. The summed E-state index contributed by atoms with van der Waals surface area (Å²) in [6.45, 7) is 1.26. The summed E-state index contributed by atoms with van der Waals surface area (Å²) in [6, 6.07) is 6.92. The van der Waals surface area contributed by atoms with Crippen LogP contribution in [0.5, 0.6) is 0 Å². The van der Waals surface area contributed by atoms with Crippen LogP contribution in [0.15, 0.2) is 44.9 Å². The summed E-state index contributed by atoms with van der Waals surface area (Å²) in [5.74, 6) is 0.489. The first-order valence-electron chi connectivity index (χ1n) is 6.51. The molecule has 0 radical (unpaired) electrons. The van der Waals surface area contributed by atoms with Crippen LogP contribution in [0.1, 0.15) is 11.1 Å². The molecule has 1 heterocycles. The van der Waals surface area contributed by atoms with Gasteiger partial charge < -0.3 is 10.6 Å². The Morgan fingerprint density at radius 1 is 1.27 bits per heavy atom. The number of benzene rings is 1. The number of thioether (sulfide) groups is 1. The van der Waals surface area contributed by atoms with Gasteiger partial charge in [-0.15, -0.1) is 35.7 Å². The van der Waals surface area contributed by atoms with Crippen LogP contribution < -0.4 is 10.6 Å². The van der Waals surface area contributed by atoms with Crippen LogP contribution in [-0.4, -0.2) is 19.3 Å². The van der Waals surface area contributed by atoms with Gasteiger partial charge in [0.1, 0.15) is 5.82 Å². The second kappa shape index (κ2) is 10.1. The van der Waals surface area contributed by atoms with Crippen molar-refractivity contribution in [3.63, 3.8) is 0 Å². The van der Waals surface area contributed by atoms with Gasteiger partial charge in [0, 0.05) is 25.0 Å². The molecule has 0 aliphatic heterocycles. The van der Waals surface area contributed by atoms with Crippen molar-refractivity contribution in [2.45, 2.75) is 18.0 Å². The molecule has 0 saturated heterocycles. The lowest BCUT2D eigenvalue weighted by atomic mass is 10.2. The third kappa shape index (κ3) is 5.77. The van der Waals surface area contributed by atoms with Crippen LogP contribution in [0.3, 0.4) is 0 Å². The Balaban J connectivity index is 0.00000242. The quantitative estimate of drug-likeness (QED) is 0.311. The summed E-state index contributed by atoms with van der Waals surface area (Å²) >= 11 is 3.28. The van der Waals surface area contributed by atoms with E-state index < -0.39 is 0 Å². The molecular weight excluding hydrogens is 432 g/mol. The number of hydrogen-bond acceptors (Lipinski definition) is 3. The van der Waals surface area contributed by atoms with Crippen LogP contribution >= 0.6 is 47.1 Å². The van der Waals surface area contributed by atoms with E-state index in [1.165, 1.54) is 11.6 Å². The molecule has 2 N–H and O–H groups in total. The van der Waals surface area contributed by atoms with Crippen molar-refractivity contribution in [3.8, 4) is 0 Å². The van der Waals surface area contributed by atoms with E-state index in [1.54, 1.807) is 42.3 Å². The second-order valence-corrected chi connectivity index (χ2v) is 6.00. The molecule has 22 heavy (non-hydrogen) atoms. The highest BCUT2D eigenvalue weighted by molar-refractivity contribution is 14.0. The molecule has 0 aliphatic carbocycles. The van der Waals surface area contributed by atoms with Crippen molar-refractivity contribution in [2.75, 3.05) is 13.3 Å². The van der Waals surface area contributed by atoms with E-state index in [1.807, 2.05) is 11.6 Å². The fourth-order valence-electron chi connectivity index (χ4n) is 1.86. The van der Waals surface area contributed by atoms with Gasteiger partial charge in [-0.25, -0.2) is 4.39 Å². The maximum Gasteiger partial charge on any atom is 0.191 e. The first kappa shape index (κ1) is 19.2. The number of hydrogen-bond donors (Lipinski definition) is 2. The number of rotatable bonds is 5. The van der Waals surface area contributed by atoms with Gasteiger partial charge in [0.25, 0.3) is 0 Å². The molecule has 0 unspecified atom stereocenters. The number of thiophene rings is 1. The zero-order valence-corrected chi connectivity index (χ0v) is 16.4. The van der Waals surface area contributed by atoms with Crippen LogP contribution in [0.4, 0.5) is 4.39 Å². The first-order valence-corrected chi connectivity index (χ1v) is 8.67. The van der Waals surface area contributed by atoms with E-state index in [4.69, 9.17) is 0 Å². The summed E-state index contributed by atoms with van der Waals surface area (Å²) in [6.07, 6.45) is 1.99. The summed E-state index contributed by atoms with van der Waals surface area (Å²) in [7, 11) is 1.73. The lowest BCUT2D eigenvalue weighted by Crippen LogP contribution is -2.36. The zero-order valence-electron chi connectivity index (χ0n) is 12.4. The Morgan fingerprint density at radius 2 is 2.05 bits per heavy atom. The summed E-state index contributed by atoms with van der Waals surface area (Å²) < 4.78 is 13.3. The zero-order chi connectivity index (χ0) is 15.1. The average molecular weight is 451 g/mol. The number of aliphatic imine (C=N–C) groups is 1. The molecule has 2 rings (SSSR count). The Kier molecular flexibility index (Phi) is 8.81. The van der Waals surface area contributed by atoms with Crippen molar-refractivity contribution in [3.05, 3.63) is 52.0 Å². The Morgan fingerprint density at radius 3 is 2.68 bits per heavy atom. The molecule has 120 valence electrons. The summed E-state index contributed by atoms with van der Waals surface area (Å²) in [5, 5.41) is 10.6. The Labute approximate surface area is 155 Å². The van der Waals surface area contributed by atoms with Crippen molar-refractivity contribution in [1.29, 1.82) is 0 Å². The molecule has 0 amide bonds. The van der Waals surface area contributed by atoms with E-state index in [0.29, 0.717) is 12.5 Å². The fourth-order valence-corrected chi connectivity index (χ4v) is 3.13. The minimum atomic E-state index is -0.217. The van der Waals surface area contributed by atoms with Gasteiger partial charge in [0.05, 0.1) is 0 Å². The van der Waals surface area contributed by atoms with Crippen LogP contribution in [0.2, 0.25) is 0 Å². The van der Waals surface area contributed by atoms with Crippen LogP contribution in [-0.2, 0) is 13.1 Å². The second-order valence-electron chi connectivity index (χ2n) is 4.37. The van der Waals surface area contributed by atoms with Crippen LogP contribution in [0, 0.1) is 5.82 Å². The van der Waals surface area contributed by atoms with Crippen molar-refractivity contribution < 1.29 is 4.39 Å². The minimum Gasteiger partial charge on any atom is -0.352 e. The van der Waals surface area contributed by atoms with Crippen molar-refractivity contribution in [1.82, 2.24) is 10.6 Å². The molecule has 1 aromatic heterocycles. The fraction of sp³-hybridized carbons (Fsp3) is 0.267. The highest BCUT2D eigenvalue weighted by atomic mass is 127. The molecule has 0 saturated carbocycles. The average Bonchev–Trinajstić information content (AvgIpc) is 3.01. The van der Waals surface area contributed by atoms with Gasteiger partial charge >= 0.3 is 0 Å². The van der Waals surface area contributed by atoms with Crippen molar-refractivity contribution in [2.24, 2.45) is 4.99 Å². The molecule has 0 fully saturated rings. The highest BCUT2D eigenvalue weighted by Crippen LogP contribution is 2.21. The molecule has 0 aliphatic rings. The molecular formula is C15H19FIN3S2. The van der Waals surface area contributed by atoms with Gasteiger partial charge in [-0.1, -0.05) is 0 Å². The van der Waals surface area contributed by atoms with Gasteiger partial charge in [-0.05, 0) is 52.4 Å². The van der Waals surface area contributed by atoms with Gasteiger partial charge in [0.2, 0.25) is 0 Å². The Hall–Kier alpha value is -0.800. The number of nitrogens with zero attached hydrogens (tertiary/aromatic N) is 1. The first-order chi connectivity index (χ1) is 10.2. The number of halogens is 2. The molecule has 3 nitrogen and oxygen atoms in total. The number of nitrogens with one attached hydrogen (secondary N) is 2. The SMILES string of the molecule is CN=C(NCc1ccsc1)NCc1cc(F)ccc1SC.I. The van der Waals surface area contributed by atoms with Crippen molar-refractivity contribution >= 4 is 53.0 Å². The molecule has 7 heteroatoms. The number of guanidine groups is 1. The van der Waals surface area contributed by atoms with E-state index in [2.05, 4.69) is 27.1 Å². The highest BCUT2D eigenvalue weighted by Gasteiger charge is 2.05. The molecule has 0 bridgehead atoms. The molecule has 2 aromatic rings. The molecule has 0 spiro atoms. The molecule has 1 aromatic carbocycles. The predicted molar refractivity (Wildman–Crippen MR) is 105 cm³/mol. The summed E-state index contributed by atoms with van der Waals surface area (Å²) in [5.41, 5.74) is 2.15.